The molecule has 3 atom stereocenters. The van der Waals surface area contributed by atoms with E-state index in [-0.39, 0.29) is 0 Å². The SMILES string of the molecule is COC1=CC=CC(C)C=C1P(CCP(c1ccccc1)c1ccccc1OC)c1ccccc1. The normalized spacial score (nSPS) is 17.2. The van der Waals surface area contributed by atoms with Crippen LogP contribution in [0.1, 0.15) is 6.92 Å². The van der Waals surface area contributed by atoms with E-state index in [0.717, 1.165) is 23.8 Å². The minimum absolute atomic E-state index is 0.373. The largest absolute Gasteiger partial charge is 0.496 e. The number of para-hydroxylation sites is 1. The average Bonchev–Trinajstić information content (AvgIpc) is 3.08. The summed E-state index contributed by atoms with van der Waals surface area (Å²) in [6, 6.07) is 30.4. The molecular weight excluding hydrogens is 454 g/mol. The summed E-state index contributed by atoms with van der Waals surface area (Å²) < 4.78 is 11.7. The Morgan fingerprint density at radius 3 is 1.94 bits per heavy atom. The Hall–Kier alpha value is -2.66. The Bertz CT molecular complexity index is 1150. The van der Waals surface area contributed by atoms with Crippen LogP contribution in [0, 0.1) is 5.92 Å². The molecule has 1 aliphatic carbocycles. The minimum Gasteiger partial charge on any atom is -0.496 e. The van der Waals surface area contributed by atoms with E-state index in [1.807, 2.05) is 0 Å². The van der Waals surface area contributed by atoms with Crippen molar-refractivity contribution in [2.75, 3.05) is 26.5 Å². The molecule has 4 heteroatoms. The van der Waals surface area contributed by atoms with Gasteiger partial charge in [0, 0.05) is 10.6 Å². The standard InChI is InChI=1S/C30H32O2P2/c1-24-13-12-19-28(32-3)30(23-24)34(26-16-8-5-9-17-26)22-21-33(25-14-6-4-7-15-25)29-20-11-10-18-27(29)31-2/h4-20,23-24H,21-22H2,1-3H3. The van der Waals surface area contributed by atoms with Crippen LogP contribution in [-0.4, -0.2) is 26.5 Å². The van der Waals surface area contributed by atoms with Crippen LogP contribution >= 0.6 is 15.8 Å². The van der Waals surface area contributed by atoms with Crippen molar-refractivity contribution >= 4 is 31.8 Å². The predicted octanol–water partition coefficient (Wildman–Crippen LogP) is 6.56. The van der Waals surface area contributed by atoms with Gasteiger partial charge in [0.25, 0.3) is 0 Å². The summed E-state index contributed by atoms with van der Waals surface area (Å²) in [5.74, 6) is 2.33. The zero-order chi connectivity index (χ0) is 23.8. The van der Waals surface area contributed by atoms with Gasteiger partial charge in [-0.1, -0.05) is 104 Å². The highest BCUT2D eigenvalue weighted by Gasteiger charge is 2.25. The van der Waals surface area contributed by atoms with Crippen molar-refractivity contribution < 1.29 is 9.47 Å². The molecular formula is C30H32O2P2. The fourth-order valence-corrected chi connectivity index (χ4v) is 10.00. The topological polar surface area (TPSA) is 18.5 Å². The van der Waals surface area contributed by atoms with Crippen LogP contribution in [0.3, 0.4) is 0 Å². The fraction of sp³-hybridized carbons (Fsp3) is 0.200. The van der Waals surface area contributed by atoms with Gasteiger partial charge in [0.2, 0.25) is 0 Å². The summed E-state index contributed by atoms with van der Waals surface area (Å²) in [6.07, 6.45) is 11.0. The van der Waals surface area contributed by atoms with Crippen LogP contribution in [0.25, 0.3) is 0 Å². The van der Waals surface area contributed by atoms with Gasteiger partial charge in [0.1, 0.15) is 11.5 Å². The van der Waals surface area contributed by atoms with Crippen LogP contribution in [0.5, 0.6) is 5.75 Å². The quantitative estimate of drug-likeness (QED) is 0.319. The molecule has 0 spiro atoms. The van der Waals surface area contributed by atoms with Crippen molar-refractivity contribution in [3.05, 3.63) is 120 Å². The van der Waals surface area contributed by atoms with Gasteiger partial charge in [-0.15, -0.1) is 0 Å². The number of ether oxygens (including phenoxy) is 2. The predicted molar refractivity (Wildman–Crippen MR) is 150 cm³/mol. The summed E-state index contributed by atoms with van der Waals surface area (Å²) in [4.78, 5) is 0. The third-order valence-corrected chi connectivity index (χ3v) is 11.3. The van der Waals surface area contributed by atoms with E-state index < -0.39 is 15.8 Å². The molecule has 0 bridgehead atoms. The smallest absolute Gasteiger partial charge is 0.126 e. The van der Waals surface area contributed by atoms with Crippen molar-refractivity contribution in [3.8, 4) is 5.75 Å². The van der Waals surface area contributed by atoms with Gasteiger partial charge in [-0.3, -0.25) is 0 Å². The van der Waals surface area contributed by atoms with Crippen LogP contribution in [0.4, 0.5) is 0 Å². The first-order valence-electron chi connectivity index (χ1n) is 11.6. The second-order valence-electron chi connectivity index (χ2n) is 8.18. The van der Waals surface area contributed by atoms with Crippen molar-refractivity contribution in [1.82, 2.24) is 0 Å². The van der Waals surface area contributed by atoms with E-state index in [1.165, 1.54) is 21.2 Å². The molecule has 0 aliphatic heterocycles. The van der Waals surface area contributed by atoms with E-state index in [4.69, 9.17) is 9.47 Å². The molecule has 2 nitrogen and oxygen atoms in total. The summed E-state index contributed by atoms with van der Waals surface area (Å²) in [5, 5.41) is 5.42. The third-order valence-electron chi connectivity index (χ3n) is 5.91. The zero-order valence-corrected chi connectivity index (χ0v) is 21.9. The lowest BCUT2D eigenvalue weighted by Crippen LogP contribution is -2.18. The first-order chi connectivity index (χ1) is 16.7. The molecule has 174 valence electrons. The van der Waals surface area contributed by atoms with E-state index in [1.54, 1.807) is 14.2 Å². The summed E-state index contributed by atoms with van der Waals surface area (Å²) >= 11 is 0. The summed E-state index contributed by atoms with van der Waals surface area (Å²) in [5.41, 5.74) is 0. The number of methoxy groups -OCH3 is 2. The Morgan fingerprint density at radius 2 is 1.29 bits per heavy atom. The van der Waals surface area contributed by atoms with Gasteiger partial charge in [0.15, 0.2) is 0 Å². The lowest BCUT2D eigenvalue weighted by Gasteiger charge is -2.27. The van der Waals surface area contributed by atoms with Gasteiger partial charge in [-0.2, -0.15) is 0 Å². The highest BCUT2D eigenvalue weighted by Crippen LogP contribution is 2.51. The molecule has 0 saturated carbocycles. The van der Waals surface area contributed by atoms with Crippen LogP contribution < -0.4 is 20.7 Å². The molecule has 0 heterocycles. The van der Waals surface area contributed by atoms with Crippen LogP contribution in [0.2, 0.25) is 0 Å². The molecule has 0 saturated heterocycles. The number of allylic oxidation sites excluding steroid dienone is 5. The van der Waals surface area contributed by atoms with Gasteiger partial charge in [-0.25, -0.2) is 0 Å². The van der Waals surface area contributed by atoms with Crippen LogP contribution in [0.15, 0.2) is 120 Å². The maximum atomic E-state index is 5.89. The minimum atomic E-state index is -0.587. The fourth-order valence-electron chi connectivity index (χ4n) is 4.23. The molecule has 0 N–H and O–H groups in total. The molecule has 3 unspecified atom stereocenters. The Morgan fingerprint density at radius 1 is 0.706 bits per heavy atom. The number of rotatable bonds is 9. The highest BCUT2D eigenvalue weighted by atomic mass is 31.1. The summed E-state index contributed by atoms with van der Waals surface area (Å²) in [6.45, 7) is 2.24. The number of hydrogen-bond acceptors (Lipinski definition) is 2. The number of benzene rings is 3. The average molecular weight is 487 g/mol. The molecule has 0 amide bonds. The zero-order valence-electron chi connectivity index (χ0n) is 20.1. The number of hydrogen-bond donors (Lipinski definition) is 0. The van der Waals surface area contributed by atoms with Gasteiger partial charge in [0.05, 0.1) is 14.2 Å². The van der Waals surface area contributed by atoms with Crippen LogP contribution in [-0.2, 0) is 4.74 Å². The van der Waals surface area contributed by atoms with Crippen molar-refractivity contribution in [2.45, 2.75) is 6.92 Å². The van der Waals surface area contributed by atoms with E-state index in [9.17, 15) is 0 Å². The third kappa shape index (κ3) is 5.87. The molecule has 0 fully saturated rings. The maximum Gasteiger partial charge on any atom is 0.126 e. The monoisotopic (exact) mass is 486 g/mol. The lowest BCUT2D eigenvalue weighted by molar-refractivity contribution is 0.305. The molecule has 1 aliphatic rings. The molecule has 3 aromatic rings. The van der Waals surface area contributed by atoms with E-state index in [2.05, 4.69) is 116 Å². The lowest BCUT2D eigenvalue weighted by atomic mass is 10.2. The molecule has 0 aromatic heterocycles. The van der Waals surface area contributed by atoms with E-state index >= 15 is 0 Å². The van der Waals surface area contributed by atoms with Crippen molar-refractivity contribution in [2.24, 2.45) is 5.92 Å². The molecule has 4 rings (SSSR count). The first kappa shape index (κ1) is 24.5. The van der Waals surface area contributed by atoms with Crippen molar-refractivity contribution in [1.29, 1.82) is 0 Å². The Labute approximate surface area is 206 Å². The van der Waals surface area contributed by atoms with Gasteiger partial charge >= 0.3 is 0 Å². The maximum absolute atomic E-state index is 5.89. The van der Waals surface area contributed by atoms with E-state index in [0.29, 0.717) is 5.92 Å². The highest BCUT2D eigenvalue weighted by molar-refractivity contribution is 7.75. The molecule has 3 aromatic carbocycles. The van der Waals surface area contributed by atoms with Gasteiger partial charge < -0.3 is 9.47 Å². The molecule has 0 radical (unpaired) electrons. The Kier molecular flexibility index (Phi) is 8.75. The second-order valence-corrected chi connectivity index (χ2v) is 12.8. The second kappa shape index (κ2) is 12.2. The first-order valence-corrected chi connectivity index (χ1v) is 14.7. The Balaban J connectivity index is 1.73. The van der Waals surface area contributed by atoms with Gasteiger partial charge in [-0.05, 0) is 56.8 Å². The van der Waals surface area contributed by atoms with Crippen molar-refractivity contribution in [3.63, 3.8) is 0 Å². The molecule has 34 heavy (non-hydrogen) atoms. The summed E-state index contributed by atoms with van der Waals surface area (Å²) in [7, 11) is 2.40.